The third-order valence-electron chi connectivity index (χ3n) is 2.71. The quantitative estimate of drug-likeness (QED) is 0.856. The molecule has 108 valence electrons. The highest BCUT2D eigenvalue weighted by Gasteiger charge is 2.11. The maximum Gasteiger partial charge on any atom is 0.213 e. The standard InChI is InChI=1S/C15H25ClN2O/c1-11(2)17-9-12-8-14(18-10-13(12)16)19-7-6-15(3,4)5/h8,10-11,17H,6-7,9H2,1-5H3. The van der Waals surface area contributed by atoms with Crippen molar-refractivity contribution < 1.29 is 4.74 Å². The molecule has 0 aromatic carbocycles. The topological polar surface area (TPSA) is 34.1 Å². The van der Waals surface area contributed by atoms with Crippen LogP contribution in [0.5, 0.6) is 5.88 Å². The van der Waals surface area contributed by atoms with Crippen LogP contribution in [0.2, 0.25) is 5.02 Å². The molecule has 0 saturated carbocycles. The van der Waals surface area contributed by atoms with Crippen LogP contribution in [0.1, 0.15) is 46.6 Å². The first-order valence-corrected chi connectivity index (χ1v) is 7.16. The van der Waals surface area contributed by atoms with E-state index in [-0.39, 0.29) is 5.41 Å². The molecule has 19 heavy (non-hydrogen) atoms. The van der Waals surface area contributed by atoms with E-state index in [0.29, 0.717) is 23.6 Å². The van der Waals surface area contributed by atoms with Crippen LogP contribution in [0.3, 0.4) is 0 Å². The van der Waals surface area contributed by atoms with Crippen molar-refractivity contribution in [3.05, 3.63) is 22.8 Å². The summed E-state index contributed by atoms with van der Waals surface area (Å²) >= 11 is 6.13. The molecular weight excluding hydrogens is 260 g/mol. The summed E-state index contributed by atoms with van der Waals surface area (Å²) < 4.78 is 5.69. The van der Waals surface area contributed by atoms with E-state index in [1.165, 1.54) is 0 Å². The lowest BCUT2D eigenvalue weighted by Crippen LogP contribution is -2.22. The van der Waals surface area contributed by atoms with Gasteiger partial charge in [-0.05, 0) is 17.4 Å². The predicted molar refractivity (Wildman–Crippen MR) is 80.8 cm³/mol. The van der Waals surface area contributed by atoms with E-state index in [0.717, 1.165) is 18.5 Å². The number of ether oxygens (including phenoxy) is 1. The Hall–Kier alpha value is -0.800. The maximum atomic E-state index is 6.13. The van der Waals surface area contributed by atoms with Crippen molar-refractivity contribution in [3.63, 3.8) is 0 Å². The summed E-state index contributed by atoms with van der Waals surface area (Å²) in [4.78, 5) is 4.20. The van der Waals surface area contributed by atoms with Gasteiger partial charge in [-0.15, -0.1) is 0 Å². The van der Waals surface area contributed by atoms with Crippen LogP contribution in [0.4, 0.5) is 0 Å². The molecule has 0 amide bonds. The minimum absolute atomic E-state index is 0.272. The summed E-state index contributed by atoms with van der Waals surface area (Å²) in [5.74, 6) is 0.647. The number of rotatable bonds is 6. The van der Waals surface area contributed by atoms with Crippen LogP contribution in [0.15, 0.2) is 12.3 Å². The van der Waals surface area contributed by atoms with Gasteiger partial charge in [-0.25, -0.2) is 4.98 Å². The summed E-state index contributed by atoms with van der Waals surface area (Å²) in [5, 5.41) is 4.02. The predicted octanol–water partition coefficient (Wildman–Crippen LogP) is 4.05. The fraction of sp³-hybridized carbons (Fsp3) is 0.667. The van der Waals surface area contributed by atoms with E-state index < -0.39 is 0 Å². The molecule has 0 aliphatic rings. The Morgan fingerprint density at radius 1 is 1.37 bits per heavy atom. The van der Waals surface area contributed by atoms with Crippen molar-refractivity contribution in [2.24, 2.45) is 5.41 Å². The van der Waals surface area contributed by atoms with Gasteiger partial charge in [0.05, 0.1) is 11.6 Å². The molecule has 0 spiro atoms. The Morgan fingerprint density at radius 3 is 2.63 bits per heavy atom. The van der Waals surface area contributed by atoms with Gasteiger partial charge in [0.15, 0.2) is 0 Å². The van der Waals surface area contributed by atoms with Gasteiger partial charge in [0, 0.05) is 24.8 Å². The van der Waals surface area contributed by atoms with Gasteiger partial charge in [0.1, 0.15) is 0 Å². The van der Waals surface area contributed by atoms with Gasteiger partial charge in [0.2, 0.25) is 5.88 Å². The Balaban J connectivity index is 2.57. The number of nitrogens with one attached hydrogen (secondary N) is 1. The Bertz CT molecular complexity index is 400. The third-order valence-corrected chi connectivity index (χ3v) is 3.05. The monoisotopic (exact) mass is 284 g/mol. The zero-order valence-electron chi connectivity index (χ0n) is 12.6. The third kappa shape index (κ3) is 6.79. The molecule has 3 nitrogen and oxygen atoms in total. The number of hydrogen-bond donors (Lipinski definition) is 1. The van der Waals surface area contributed by atoms with Gasteiger partial charge in [-0.2, -0.15) is 0 Å². The molecule has 0 aliphatic carbocycles. The maximum absolute atomic E-state index is 6.13. The number of nitrogens with zero attached hydrogens (tertiary/aromatic N) is 1. The molecule has 0 bridgehead atoms. The van der Waals surface area contributed by atoms with Crippen molar-refractivity contribution in [1.82, 2.24) is 10.3 Å². The van der Waals surface area contributed by atoms with E-state index in [4.69, 9.17) is 16.3 Å². The minimum atomic E-state index is 0.272. The highest BCUT2D eigenvalue weighted by Crippen LogP contribution is 2.22. The lowest BCUT2D eigenvalue weighted by Gasteiger charge is -2.18. The fourth-order valence-electron chi connectivity index (χ4n) is 1.45. The zero-order valence-corrected chi connectivity index (χ0v) is 13.3. The van der Waals surface area contributed by atoms with Gasteiger partial charge in [0.25, 0.3) is 0 Å². The van der Waals surface area contributed by atoms with Crippen molar-refractivity contribution in [1.29, 1.82) is 0 Å². The molecule has 0 aliphatic heterocycles. The van der Waals surface area contributed by atoms with E-state index >= 15 is 0 Å². The van der Waals surface area contributed by atoms with Crippen LogP contribution in [-0.4, -0.2) is 17.6 Å². The molecule has 0 saturated heterocycles. The first-order chi connectivity index (χ1) is 8.78. The lowest BCUT2D eigenvalue weighted by atomic mass is 9.93. The number of pyridine rings is 1. The summed E-state index contributed by atoms with van der Waals surface area (Å²) in [5.41, 5.74) is 1.30. The molecule has 0 atom stereocenters. The summed E-state index contributed by atoms with van der Waals surface area (Å²) in [6.45, 7) is 12.2. The van der Waals surface area contributed by atoms with E-state index in [1.54, 1.807) is 6.20 Å². The van der Waals surface area contributed by atoms with Crippen molar-refractivity contribution in [3.8, 4) is 5.88 Å². The van der Waals surface area contributed by atoms with Crippen LogP contribution < -0.4 is 10.1 Å². The van der Waals surface area contributed by atoms with Gasteiger partial charge < -0.3 is 10.1 Å². The molecule has 1 aromatic rings. The molecular formula is C15H25ClN2O. The first kappa shape index (κ1) is 16.3. The second kappa shape index (κ2) is 7.11. The average molecular weight is 285 g/mol. The van der Waals surface area contributed by atoms with Crippen molar-refractivity contribution >= 4 is 11.6 Å². The SMILES string of the molecule is CC(C)NCc1cc(OCCC(C)(C)C)ncc1Cl. The van der Waals surface area contributed by atoms with E-state index in [1.807, 2.05) is 6.07 Å². The molecule has 4 heteroatoms. The molecule has 1 heterocycles. The molecule has 1 N–H and O–H groups in total. The van der Waals surface area contributed by atoms with Crippen molar-refractivity contribution in [2.75, 3.05) is 6.61 Å². The molecule has 1 rings (SSSR count). The van der Waals surface area contributed by atoms with E-state index in [9.17, 15) is 0 Å². The van der Waals surface area contributed by atoms with Gasteiger partial charge in [-0.1, -0.05) is 46.2 Å². The minimum Gasteiger partial charge on any atom is -0.478 e. The highest BCUT2D eigenvalue weighted by molar-refractivity contribution is 6.31. The van der Waals surface area contributed by atoms with E-state index in [2.05, 4.69) is 44.9 Å². The molecule has 0 radical (unpaired) electrons. The fourth-order valence-corrected chi connectivity index (χ4v) is 1.62. The summed E-state index contributed by atoms with van der Waals surface area (Å²) in [6.07, 6.45) is 2.65. The zero-order chi connectivity index (χ0) is 14.5. The number of aromatic nitrogens is 1. The smallest absolute Gasteiger partial charge is 0.213 e. The average Bonchev–Trinajstić information content (AvgIpc) is 2.27. The molecule has 1 aromatic heterocycles. The van der Waals surface area contributed by atoms with Crippen LogP contribution in [0, 0.1) is 5.41 Å². The van der Waals surface area contributed by atoms with Gasteiger partial charge >= 0.3 is 0 Å². The highest BCUT2D eigenvalue weighted by atomic mass is 35.5. The summed E-state index contributed by atoms with van der Waals surface area (Å²) in [6, 6.07) is 2.34. The molecule has 0 unspecified atom stereocenters. The van der Waals surface area contributed by atoms with Crippen LogP contribution in [-0.2, 0) is 6.54 Å². The second-order valence-electron chi connectivity index (χ2n) is 6.31. The van der Waals surface area contributed by atoms with Gasteiger partial charge in [-0.3, -0.25) is 0 Å². The Kier molecular flexibility index (Phi) is 6.08. The first-order valence-electron chi connectivity index (χ1n) is 6.78. The summed E-state index contributed by atoms with van der Waals surface area (Å²) in [7, 11) is 0. The van der Waals surface area contributed by atoms with Crippen LogP contribution >= 0.6 is 11.6 Å². The number of halogens is 1. The van der Waals surface area contributed by atoms with Crippen LogP contribution in [0.25, 0.3) is 0 Å². The molecule has 0 fully saturated rings. The normalized spacial score (nSPS) is 11.9. The largest absolute Gasteiger partial charge is 0.478 e. The Labute approximate surface area is 121 Å². The lowest BCUT2D eigenvalue weighted by molar-refractivity contribution is 0.236. The Morgan fingerprint density at radius 2 is 2.05 bits per heavy atom. The van der Waals surface area contributed by atoms with Crippen molar-refractivity contribution in [2.45, 2.75) is 53.6 Å². The number of hydrogen-bond acceptors (Lipinski definition) is 3. The second-order valence-corrected chi connectivity index (χ2v) is 6.72.